The van der Waals surface area contributed by atoms with Gasteiger partial charge in [0.05, 0.1) is 13.2 Å². The minimum absolute atomic E-state index is 0.0800. The van der Waals surface area contributed by atoms with E-state index in [2.05, 4.69) is 43.2 Å². The van der Waals surface area contributed by atoms with Crippen LogP contribution in [0.4, 0.5) is 0 Å². The van der Waals surface area contributed by atoms with Crippen molar-refractivity contribution in [2.45, 2.75) is 129 Å². The second kappa shape index (κ2) is 13.5. The number of carbonyl (C=O) groups excluding carboxylic acids is 1. The normalized spacial score (nSPS) is 38.9. The lowest BCUT2D eigenvalue weighted by atomic mass is 9.43. The van der Waals surface area contributed by atoms with Crippen molar-refractivity contribution in [2.75, 3.05) is 13.7 Å². The Bertz CT molecular complexity index is 986. The van der Waals surface area contributed by atoms with Gasteiger partial charge in [-0.15, -0.1) is 0 Å². The zero-order valence-electron chi connectivity index (χ0n) is 26.5. The van der Waals surface area contributed by atoms with Gasteiger partial charge in [0.25, 0.3) is 0 Å². The molecule has 0 spiro atoms. The molecule has 41 heavy (non-hydrogen) atoms. The number of aliphatic hydroxyl groups excluding tert-OH is 1. The molecule has 1 heterocycles. The van der Waals surface area contributed by atoms with Crippen molar-refractivity contribution in [3.8, 4) is 0 Å². The van der Waals surface area contributed by atoms with Crippen molar-refractivity contribution in [1.29, 1.82) is 0 Å². The number of aromatic nitrogens is 1. The third kappa shape index (κ3) is 6.56. The van der Waals surface area contributed by atoms with E-state index < -0.39 is 0 Å². The van der Waals surface area contributed by atoms with Gasteiger partial charge in [0.2, 0.25) is 0 Å². The molecule has 2 N–H and O–H groups in total. The SMILES string of the molecule is COC(=O)CC[C@@H](C)[C@H]1CCC2C3C(O)C[C@H]4C[C@@H](NCCCCCCc5ccccn5)CC[C@]4(C)C3CC[C@@]21C. The van der Waals surface area contributed by atoms with E-state index in [-0.39, 0.29) is 12.1 Å². The lowest BCUT2D eigenvalue weighted by Gasteiger charge is -2.62. The fourth-order valence-corrected chi connectivity index (χ4v) is 10.7. The highest BCUT2D eigenvalue weighted by atomic mass is 16.5. The van der Waals surface area contributed by atoms with E-state index >= 15 is 0 Å². The number of pyridine rings is 1. The Morgan fingerprint density at radius 2 is 1.83 bits per heavy atom. The Hall–Kier alpha value is -1.46. The predicted octanol–water partition coefficient (Wildman–Crippen LogP) is 7.36. The Morgan fingerprint density at radius 1 is 1.05 bits per heavy atom. The van der Waals surface area contributed by atoms with Crippen LogP contribution < -0.4 is 5.32 Å². The summed E-state index contributed by atoms with van der Waals surface area (Å²) in [6.07, 6.45) is 19.3. The molecule has 10 atom stereocenters. The molecule has 230 valence electrons. The van der Waals surface area contributed by atoms with Crippen LogP contribution in [0.25, 0.3) is 0 Å². The molecule has 5 rings (SSSR count). The predicted molar refractivity (Wildman–Crippen MR) is 165 cm³/mol. The van der Waals surface area contributed by atoms with Crippen LogP contribution in [0.15, 0.2) is 24.4 Å². The van der Waals surface area contributed by atoms with Gasteiger partial charge in [-0.1, -0.05) is 39.7 Å². The molecule has 0 aliphatic heterocycles. The van der Waals surface area contributed by atoms with E-state index in [0.717, 1.165) is 25.8 Å². The number of hydrogen-bond acceptors (Lipinski definition) is 5. The molecule has 0 radical (unpaired) electrons. The number of rotatable bonds is 12. The van der Waals surface area contributed by atoms with Crippen LogP contribution in [0.1, 0.15) is 116 Å². The number of aliphatic hydroxyl groups is 1. The third-order valence-electron chi connectivity index (χ3n) is 13.0. The molecule has 5 heteroatoms. The summed E-state index contributed by atoms with van der Waals surface area (Å²) >= 11 is 0. The number of ether oxygens (including phenoxy) is 1. The van der Waals surface area contributed by atoms with E-state index in [0.29, 0.717) is 58.8 Å². The fourth-order valence-electron chi connectivity index (χ4n) is 10.7. The van der Waals surface area contributed by atoms with Gasteiger partial charge in [-0.05, 0) is 142 Å². The number of esters is 1. The first kappa shape index (κ1) is 31.0. The third-order valence-corrected chi connectivity index (χ3v) is 13.0. The standard InChI is InChI=1S/C36H58N2O3/c1-25(13-16-33(40)41-4)29-14-15-30-34-31(18-20-36(29,30)3)35(2)19-17-28(23-26(35)24-32(34)39)38-21-9-6-5-7-11-27-12-8-10-22-37-27/h8,10,12,22,25-26,28-32,34,38-39H,5-7,9,11,13-21,23-24H2,1-4H3/t25-,26-,28+,29-,30?,31?,32?,34?,35+,36-/m1/s1. The largest absolute Gasteiger partial charge is 0.469 e. The number of nitrogens with zero attached hydrogens (tertiary/aromatic N) is 1. The molecule has 0 amide bonds. The van der Waals surface area contributed by atoms with Gasteiger partial charge < -0.3 is 15.2 Å². The monoisotopic (exact) mass is 566 g/mol. The maximum Gasteiger partial charge on any atom is 0.305 e. The molecular weight excluding hydrogens is 508 g/mol. The quantitative estimate of drug-likeness (QED) is 0.204. The number of hydrogen-bond donors (Lipinski definition) is 2. The number of fused-ring (bicyclic) bond motifs is 5. The maximum absolute atomic E-state index is 11.8. The molecular formula is C36H58N2O3. The summed E-state index contributed by atoms with van der Waals surface area (Å²) in [4.78, 5) is 16.3. The number of nitrogens with one attached hydrogen (secondary N) is 1. The summed E-state index contributed by atoms with van der Waals surface area (Å²) in [6.45, 7) is 8.63. The Labute approximate surface area is 250 Å². The van der Waals surface area contributed by atoms with Crippen molar-refractivity contribution in [3.05, 3.63) is 30.1 Å². The maximum atomic E-state index is 11.8. The second-order valence-corrected chi connectivity index (χ2v) is 15.0. The fraction of sp³-hybridized carbons (Fsp3) is 0.833. The van der Waals surface area contributed by atoms with E-state index in [4.69, 9.17) is 4.74 Å². The average molecular weight is 567 g/mol. The van der Waals surface area contributed by atoms with Gasteiger partial charge in [0.1, 0.15) is 0 Å². The first-order valence-electron chi connectivity index (χ1n) is 17.1. The van der Waals surface area contributed by atoms with Crippen LogP contribution in [-0.2, 0) is 16.0 Å². The van der Waals surface area contributed by atoms with E-state index in [1.54, 1.807) is 0 Å². The molecule has 1 aromatic rings. The molecule has 0 aromatic carbocycles. The van der Waals surface area contributed by atoms with Gasteiger partial charge in [0.15, 0.2) is 0 Å². The van der Waals surface area contributed by atoms with Gasteiger partial charge in [-0.2, -0.15) is 0 Å². The molecule has 0 saturated heterocycles. The minimum atomic E-state index is -0.148. The molecule has 0 bridgehead atoms. The summed E-state index contributed by atoms with van der Waals surface area (Å²) in [5.74, 6) is 3.51. The van der Waals surface area contributed by atoms with Crippen molar-refractivity contribution in [3.63, 3.8) is 0 Å². The molecule has 4 aliphatic carbocycles. The summed E-state index contributed by atoms with van der Waals surface area (Å²) in [6, 6.07) is 6.82. The van der Waals surface area contributed by atoms with Crippen LogP contribution in [0, 0.1) is 46.3 Å². The Kier molecular flexibility index (Phi) is 10.2. The average Bonchev–Trinajstić information content (AvgIpc) is 3.33. The van der Waals surface area contributed by atoms with Gasteiger partial charge in [0, 0.05) is 24.4 Å². The van der Waals surface area contributed by atoms with E-state index in [1.807, 2.05) is 12.3 Å². The summed E-state index contributed by atoms with van der Waals surface area (Å²) in [7, 11) is 1.50. The second-order valence-electron chi connectivity index (χ2n) is 15.0. The number of carbonyl (C=O) groups is 1. The van der Waals surface area contributed by atoms with Crippen LogP contribution >= 0.6 is 0 Å². The van der Waals surface area contributed by atoms with Crippen molar-refractivity contribution in [1.82, 2.24) is 10.3 Å². The zero-order valence-corrected chi connectivity index (χ0v) is 26.5. The molecule has 4 saturated carbocycles. The first-order valence-corrected chi connectivity index (χ1v) is 17.1. The van der Waals surface area contributed by atoms with Crippen LogP contribution in [-0.4, -0.2) is 41.9 Å². The summed E-state index contributed by atoms with van der Waals surface area (Å²) < 4.78 is 4.93. The highest BCUT2D eigenvalue weighted by Gasteiger charge is 2.62. The number of methoxy groups -OCH3 is 1. The topological polar surface area (TPSA) is 71.5 Å². The van der Waals surface area contributed by atoms with E-state index in [1.165, 1.54) is 83.4 Å². The molecule has 1 aromatic heterocycles. The van der Waals surface area contributed by atoms with Crippen molar-refractivity contribution >= 4 is 5.97 Å². The highest BCUT2D eigenvalue weighted by Crippen LogP contribution is 2.68. The van der Waals surface area contributed by atoms with Gasteiger partial charge >= 0.3 is 5.97 Å². The molecule has 5 nitrogen and oxygen atoms in total. The van der Waals surface area contributed by atoms with Crippen molar-refractivity contribution < 1.29 is 14.6 Å². The minimum Gasteiger partial charge on any atom is -0.469 e. The van der Waals surface area contributed by atoms with E-state index in [9.17, 15) is 9.90 Å². The van der Waals surface area contributed by atoms with Crippen LogP contribution in [0.5, 0.6) is 0 Å². The lowest BCUT2D eigenvalue weighted by molar-refractivity contribution is -0.167. The number of unbranched alkanes of at least 4 members (excludes halogenated alkanes) is 3. The molecule has 4 aliphatic rings. The summed E-state index contributed by atoms with van der Waals surface area (Å²) in [5, 5.41) is 15.7. The zero-order chi connectivity index (χ0) is 29.0. The van der Waals surface area contributed by atoms with Crippen LogP contribution in [0.3, 0.4) is 0 Å². The number of aryl methyl sites for hydroxylation is 1. The molecule has 4 fully saturated rings. The van der Waals surface area contributed by atoms with Gasteiger partial charge in [-0.3, -0.25) is 9.78 Å². The molecule has 4 unspecified atom stereocenters. The Morgan fingerprint density at radius 3 is 2.61 bits per heavy atom. The smallest absolute Gasteiger partial charge is 0.305 e. The lowest BCUT2D eigenvalue weighted by Crippen LogP contribution is -2.59. The van der Waals surface area contributed by atoms with Gasteiger partial charge in [-0.25, -0.2) is 0 Å². The van der Waals surface area contributed by atoms with Crippen molar-refractivity contribution in [2.24, 2.45) is 46.3 Å². The first-order chi connectivity index (χ1) is 19.8. The van der Waals surface area contributed by atoms with Crippen LogP contribution in [0.2, 0.25) is 0 Å². The highest BCUT2D eigenvalue weighted by molar-refractivity contribution is 5.69. The Balaban J connectivity index is 1.10. The summed E-state index contributed by atoms with van der Waals surface area (Å²) in [5.41, 5.74) is 1.90.